The lowest BCUT2D eigenvalue weighted by Gasteiger charge is -2.13. The Kier molecular flexibility index (Phi) is 4.08. The zero-order valence-electron chi connectivity index (χ0n) is 8.45. The van der Waals surface area contributed by atoms with E-state index in [0.29, 0.717) is 10.8 Å². The second-order valence-corrected chi connectivity index (χ2v) is 5.07. The summed E-state index contributed by atoms with van der Waals surface area (Å²) in [7, 11) is -2.20. The smallest absolute Gasteiger partial charge is 0.423 e. The van der Waals surface area contributed by atoms with Crippen molar-refractivity contribution < 1.29 is 23.7 Å². The van der Waals surface area contributed by atoms with E-state index in [1.165, 1.54) is 38.5 Å². The van der Waals surface area contributed by atoms with Gasteiger partial charge < -0.3 is 19.1 Å². The Morgan fingerprint density at radius 2 is 1.60 bits per heavy atom. The molecular weight excluding hydrogens is 218 g/mol. The topological polar surface area (TPSA) is 76.0 Å². The fourth-order valence-electron chi connectivity index (χ4n) is 1.11. The van der Waals surface area contributed by atoms with Crippen molar-refractivity contribution >= 4 is 25.5 Å². The molecule has 0 bridgehead atoms. The van der Waals surface area contributed by atoms with Crippen molar-refractivity contribution in [3.05, 3.63) is 24.3 Å². The van der Waals surface area contributed by atoms with E-state index >= 15 is 0 Å². The molecule has 0 spiro atoms. The molecule has 0 amide bonds. The van der Waals surface area contributed by atoms with E-state index in [0.717, 1.165) is 0 Å². The minimum absolute atomic E-state index is 0.317. The molecule has 0 aromatic heterocycles. The molecule has 2 N–H and O–H groups in total. The molecule has 15 heavy (non-hydrogen) atoms. The van der Waals surface area contributed by atoms with Crippen LogP contribution in [0, 0.1) is 0 Å². The van der Waals surface area contributed by atoms with Gasteiger partial charge >= 0.3 is 14.7 Å². The van der Waals surface area contributed by atoms with Gasteiger partial charge in [-0.2, -0.15) is 0 Å². The average Bonchev–Trinajstić information content (AvgIpc) is 2.28. The Morgan fingerprint density at radius 1 is 1.13 bits per heavy atom. The van der Waals surface area contributed by atoms with Crippen LogP contribution in [-0.4, -0.2) is 31.4 Å². The Hall–Kier alpha value is -0.645. The Bertz CT molecular complexity index is 356. The monoisotopic (exact) mass is 230 g/mol. The number of hydrogen-bond acceptors (Lipinski definition) is 5. The third kappa shape index (κ3) is 2.68. The van der Waals surface area contributed by atoms with E-state index in [-0.39, 0.29) is 0 Å². The summed E-state index contributed by atoms with van der Waals surface area (Å²) >= 11 is 0. The van der Waals surface area contributed by atoms with Crippen LogP contribution < -0.4 is 10.8 Å². The van der Waals surface area contributed by atoms with E-state index in [1.54, 1.807) is 0 Å². The highest BCUT2D eigenvalue weighted by atomic mass is 31.2. The zero-order chi connectivity index (χ0) is 11.5. The zero-order valence-corrected chi connectivity index (χ0v) is 9.35. The lowest BCUT2D eigenvalue weighted by molar-refractivity contribution is 0.287. The molecular formula is C8H12BO5P. The average molecular weight is 230 g/mol. The maximum absolute atomic E-state index is 11.9. The van der Waals surface area contributed by atoms with Crippen LogP contribution in [0.1, 0.15) is 0 Å². The SMILES string of the molecule is COP(=O)(OC)c1ccc(B(O)O)cc1. The van der Waals surface area contributed by atoms with Gasteiger partial charge in [0.1, 0.15) is 0 Å². The van der Waals surface area contributed by atoms with E-state index in [2.05, 4.69) is 0 Å². The van der Waals surface area contributed by atoms with Crippen LogP contribution in [-0.2, 0) is 13.6 Å². The highest BCUT2D eigenvalue weighted by Gasteiger charge is 2.24. The molecule has 5 nitrogen and oxygen atoms in total. The van der Waals surface area contributed by atoms with Crippen LogP contribution in [0.25, 0.3) is 0 Å². The molecule has 0 heterocycles. The van der Waals surface area contributed by atoms with E-state index < -0.39 is 14.7 Å². The fourth-order valence-corrected chi connectivity index (χ4v) is 2.20. The first-order valence-electron chi connectivity index (χ1n) is 4.21. The fraction of sp³-hybridized carbons (Fsp3) is 0.250. The molecule has 0 aliphatic carbocycles. The molecule has 0 aliphatic rings. The summed E-state index contributed by atoms with van der Waals surface area (Å²) < 4.78 is 21.4. The molecule has 0 fully saturated rings. The maximum atomic E-state index is 11.9. The first kappa shape index (κ1) is 12.4. The van der Waals surface area contributed by atoms with Crippen LogP contribution >= 0.6 is 7.60 Å². The summed E-state index contributed by atoms with van der Waals surface area (Å²) in [4.78, 5) is 0. The Morgan fingerprint density at radius 3 is 1.93 bits per heavy atom. The second-order valence-electron chi connectivity index (χ2n) is 2.83. The van der Waals surface area contributed by atoms with Crippen LogP contribution in [0.2, 0.25) is 0 Å². The van der Waals surface area contributed by atoms with Crippen molar-refractivity contribution in [1.82, 2.24) is 0 Å². The van der Waals surface area contributed by atoms with Crippen molar-refractivity contribution in [1.29, 1.82) is 0 Å². The van der Waals surface area contributed by atoms with Gasteiger partial charge in [-0.15, -0.1) is 0 Å². The molecule has 0 atom stereocenters. The summed E-state index contributed by atoms with van der Waals surface area (Å²) in [5, 5.41) is 18.1. The van der Waals surface area contributed by atoms with Gasteiger partial charge in [0.05, 0.1) is 5.30 Å². The summed E-state index contributed by atoms with van der Waals surface area (Å²) in [6.07, 6.45) is 0. The van der Waals surface area contributed by atoms with Crippen molar-refractivity contribution in [3.8, 4) is 0 Å². The van der Waals surface area contributed by atoms with Gasteiger partial charge in [-0.05, 0) is 17.6 Å². The van der Waals surface area contributed by atoms with Gasteiger partial charge in [-0.25, -0.2) is 0 Å². The van der Waals surface area contributed by atoms with Crippen molar-refractivity contribution in [2.45, 2.75) is 0 Å². The summed E-state index contributed by atoms with van der Waals surface area (Å²) in [5.74, 6) is 0. The molecule has 1 rings (SSSR count). The van der Waals surface area contributed by atoms with Crippen LogP contribution in [0.15, 0.2) is 24.3 Å². The molecule has 0 radical (unpaired) electrons. The summed E-state index contributed by atoms with van der Waals surface area (Å²) in [5.41, 5.74) is 0.317. The van der Waals surface area contributed by atoms with Gasteiger partial charge in [0, 0.05) is 14.2 Å². The predicted octanol–water partition coefficient (Wildman–Crippen LogP) is -0.522. The third-order valence-electron chi connectivity index (χ3n) is 1.99. The van der Waals surface area contributed by atoms with Gasteiger partial charge in [0.25, 0.3) is 0 Å². The lowest BCUT2D eigenvalue weighted by atomic mass is 9.81. The molecule has 0 saturated heterocycles. The minimum Gasteiger partial charge on any atom is -0.423 e. The van der Waals surface area contributed by atoms with Crippen molar-refractivity contribution in [3.63, 3.8) is 0 Å². The highest BCUT2D eigenvalue weighted by molar-refractivity contribution is 7.62. The summed E-state index contributed by atoms with van der Waals surface area (Å²) in [6, 6.07) is 5.85. The third-order valence-corrected chi connectivity index (χ3v) is 3.88. The molecule has 1 aromatic carbocycles. The van der Waals surface area contributed by atoms with Crippen molar-refractivity contribution in [2.24, 2.45) is 0 Å². The standard InChI is InChI=1S/C8H12BO5P/c1-13-15(12,14-2)8-5-3-7(4-6-8)9(10)11/h3-6,10-11H,1-2H3. The van der Waals surface area contributed by atoms with Crippen LogP contribution in [0.3, 0.4) is 0 Å². The minimum atomic E-state index is -3.25. The van der Waals surface area contributed by atoms with Gasteiger partial charge in [-0.3, -0.25) is 4.57 Å². The molecule has 82 valence electrons. The Balaban J connectivity index is 3.03. The number of rotatable bonds is 4. The molecule has 0 saturated carbocycles. The summed E-state index contributed by atoms with van der Waals surface area (Å²) in [6.45, 7) is 0. The van der Waals surface area contributed by atoms with Gasteiger partial charge in [0.15, 0.2) is 0 Å². The first-order chi connectivity index (χ1) is 7.03. The van der Waals surface area contributed by atoms with Gasteiger partial charge in [0.2, 0.25) is 0 Å². The quantitative estimate of drug-likeness (QED) is 0.537. The normalized spacial score (nSPS) is 11.5. The number of hydrogen-bond donors (Lipinski definition) is 2. The molecule has 1 aromatic rings. The molecule has 7 heteroatoms. The second kappa shape index (κ2) is 4.92. The van der Waals surface area contributed by atoms with Crippen LogP contribution in [0.4, 0.5) is 0 Å². The largest absolute Gasteiger partial charge is 0.488 e. The lowest BCUT2D eigenvalue weighted by Crippen LogP contribution is -2.30. The first-order valence-corrected chi connectivity index (χ1v) is 5.76. The van der Waals surface area contributed by atoms with E-state index in [1.807, 2.05) is 0 Å². The molecule has 0 unspecified atom stereocenters. The van der Waals surface area contributed by atoms with Crippen LogP contribution in [0.5, 0.6) is 0 Å². The van der Waals surface area contributed by atoms with Crippen molar-refractivity contribution in [2.75, 3.05) is 14.2 Å². The number of benzene rings is 1. The van der Waals surface area contributed by atoms with E-state index in [9.17, 15) is 4.57 Å². The van der Waals surface area contributed by atoms with Gasteiger partial charge in [-0.1, -0.05) is 12.1 Å². The van der Waals surface area contributed by atoms with E-state index in [4.69, 9.17) is 19.1 Å². The molecule has 0 aliphatic heterocycles. The Labute approximate surface area is 88.3 Å². The maximum Gasteiger partial charge on any atom is 0.488 e. The predicted molar refractivity (Wildman–Crippen MR) is 57.5 cm³/mol. The highest BCUT2D eigenvalue weighted by Crippen LogP contribution is 2.44.